The third-order valence-corrected chi connectivity index (χ3v) is 5.04. The number of piperazine rings is 1. The maximum absolute atomic E-state index is 12.6. The molecule has 0 aliphatic carbocycles. The minimum absolute atomic E-state index is 0.0229. The Balaban J connectivity index is 1.60. The van der Waals surface area contributed by atoms with Gasteiger partial charge in [-0.1, -0.05) is 29.8 Å². The first-order chi connectivity index (χ1) is 10.6. The van der Waals surface area contributed by atoms with Crippen LogP contribution in [0.2, 0.25) is 0 Å². The van der Waals surface area contributed by atoms with Crippen LogP contribution in [0.5, 0.6) is 0 Å². The van der Waals surface area contributed by atoms with Gasteiger partial charge in [0.25, 0.3) is 0 Å². The Morgan fingerprint density at radius 3 is 2.41 bits per heavy atom. The minimum Gasteiger partial charge on any atom is -0.360 e. The summed E-state index contributed by atoms with van der Waals surface area (Å²) < 4.78 is 0. The van der Waals surface area contributed by atoms with Crippen LogP contribution in [0.25, 0.3) is 0 Å². The number of nitrogens with zero attached hydrogens (tertiary/aromatic N) is 2. The van der Waals surface area contributed by atoms with Gasteiger partial charge in [-0.15, -0.1) is 11.3 Å². The normalized spacial score (nSPS) is 16.6. The SMILES string of the molecule is Cc1ccc(C(N)C(=O)N2CCN(c3cccs3)CC2)cc1. The number of anilines is 1. The third-order valence-electron chi connectivity index (χ3n) is 4.11. The average Bonchev–Trinajstić information content (AvgIpc) is 3.09. The van der Waals surface area contributed by atoms with Crippen LogP contribution >= 0.6 is 11.3 Å². The molecule has 22 heavy (non-hydrogen) atoms. The highest BCUT2D eigenvalue weighted by molar-refractivity contribution is 7.14. The van der Waals surface area contributed by atoms with Gasteiger partial charge in [0.2, 0.25) is 5.91 Å². The van der Waals surface area contributed by atoms with Gasteiger partial charge in [-0.25, -0.2) is 0 Å². The second-order valence-corrected chi connectivity index (χ2v) is 6.58. The highest BCUT2D eigenvalue weighted by Gasteiger charge is 2.26. The molecule has 0 radical (unpaired) electrons. The first-order valence-corrected chi connectivity index (χ1v) is 8.42. The Bertz CT molecular complexity index is 616. The van der Waals surface area contributed by atoms with Crippen LogP contribution in [-0.4, -0.2) is 37.0 Å². The fourth-order valence-electron chi connectivity index (χ4n) is 2.71. The van der Waals surface area contributed by atoms with Crippen molar-refractivity contribution in [3.8, 4) is 0 Å². The minimum atomic E-state index is -0.561. The molecule has 1 aromatic heterocycles. The number of carbonyl (C=O) groups is 1. The van der Waals surface area contributed by atoms with Crippen LogP contribution < -0.4 is 10.6 Å². The summed E-state index contributed by atoms with van der Waals surface area (Å²) in [6, 6.07) is 11.5. The summed E-state index contributed by atoms with van der Waals surface area (Å²) in [7, 11) is 0. The largest absolute Gasteiger partial charge is 0.360 e. The van der Waals surface area contributed by atoms with Crippen LogP contribution in [0.1, 0.15) is 17.2 Å². The Kier molecular flexibility index (Phi) is 4.45. The fraction of sp³-hybridized carbons (Fsp3) is 0.353. The van der Waals surface area contributed by atoms with Crippen molar-refractivity contribution in [2.24, 2.45) is 5.73 Å². The summed E-state index contributed by atoms with van der Waals surface area (Å²) >= 11 is 1.74. The first kappa shape index (κ1) is 15.1. The van der Waals surface area contributed by atoms with Crippen molar-refractivity contribution in [2.75, 3.05) is 31.1 Å². The van der Waals surface area contributed by atoms with Gasteiger partial charge in [0.15, 0.2) is 0 Å². The predicted octanol–water partition coefficient (Wildman–Crippen LogP) is 2.41. The van der Waals surface area contributed by atoms with Crippen LogP contribution in [0.4, 0.5) is 5.00 Å². The molecule has 3 rings (SSSR count). The Hall–Kier alpha value is -1.85. The maximum atomic E-state index is 12.6. The molecule has 1 aliphatic heterocycles. The van der Waals surface area contributed by atoms with Gasteiger partial charge in [-0.3, -0.25) is 4.79 Å². The molecule has 116 valence electrons. The molecule has 4 nitrogen and oxygen atoms in total. The smallest absolute Gasteiger partial charge is 0.244 e. The molecule has 0 spiro atoms. The van der Waals surface area contributed by atoms with Gasteiger partial charge in [0.05, 0.1) is 5.00 Å². The molecule has 1 amide bonds. The monoisotopic (exact) mass is 315 g/mol. The number of amides is 1. The van der Waals surface area contributed by atoms with Crippen LogP contribution in [0, 0.1) is 6.92 Å². The average molecular weight is 315 g/mol. The number of nitrogens with two attached hydrogens (primary N) is 1. The lowest BCUT2D eigenvalue weighted by Crippen LogP contribution is -2.51. The lowest BCUT2D eigenvalue weighted by Gasteiger charge is -2.36. The summed E-state index contributed by atoms with van der Waals surface area (Å²) in [4.78, 5) is 16.8. The molecule has 1 fully saturated rings. The van der Waals surface area contributed by atoms with Crippen molar-refractivity contribution in [3.63, 3.8) is 0 Å². The molecule has 1 atom stereocenters. The standard InChI is InChI=1S/C17H21N3OS/c1-13-4-6-14(7-5-13)16(18)17(21)20-10-8-19(9-11-20)15-3-2-12-22-15/h2-7,12,16H,8-11,18H2,1H3. The van der Waals surface area contributed by atoms with Crippen LogP contribution in [0.3, 0.4) is 0 Å². The van der Waals surface area contributed by atoms with E-state index < -0.39 is 6.04 Å². The van der Waals surface area contributed by atoms with Crippen molar-refractivity contribution >= 4 is 22.2 Å². The highest BCUT2D eigenvalue weighted by Crippen LogP contribution is 2.23. The lowest BCUT2D eigenvalue weighted by molar-refractivity contribution is -0.133. The van der Waals surface area contributed by atoms with E-state index in [1.165, 1.54) is 10.6 Å². The van der Waals surface area contributed by atoms with Crippen molar-refractivity contribution in [2.45, 2.75) is 13.0 Å². The maximum Gasteiger partial charge on any atom is 0.244 e. The van der Waals surface area contributed by atoms with E-state index in [9.17, 15) is 4.79 Å². The molecule has 0 saturated carbocycles. The van der Waals surface area contributed by atoms with E-state index in [-0.39, 0.29) is 5.91 Å². The Morgan fingerprint density at radius 1 is 1.14 bits per heavy atom. The highest BCUT2D eigenvalue weighted by atomic mass is 32.1. The molecule has 2 N–H and O–H groups in total. The lowest BCUT2D eigenvalue weighted by atomic mass is 10.0. The third kappa shape index (κ3) is 3.15. The fourth-order valence-corrected chi connectivity index (χ4v) is 3.50. The van der Waals surface area contributed by atoms with Gasteiger partial charge in [-0.05, 0) is 30.0 Å². The number of rotatable bonds is 3. The molecule has 1 aromatic carbocycles. The van der Waals surface area contributed by atoms with E-state index in [2.05, 4.69) is 22.4 Å². The predicted molar refractivity (Wildman–Crippen MR) is 91.2 cm³/mol. The molecule has 2 heterocycles. The molecule has 1 aliphatic rings. The van der Waals surface area contributed by atoms with E-state index in [4.69, 9.17) is 5.73 Å². The number of thiophene rings is 1. The number of carbonyl (C=O) groups excluding carboxylic acids is 1. The number of hydrogen-bond donors (Lipinski definition) is 1. The Labute approximate surface area is 135 Å². The van der Waals surface area contributed by atoms with Crippen molar-refractivity contribution in [1.82, 2.24) is 4.90 Å². The van der Waals surface area contributed by atoms with E-state index in [0.717, 1.165) is 31.7 Å². The van der Waals surface area contributed by atoms with Crippen LogP contribution in [-0.2, 0) is 4.79 Å². The second kappa shape index (κ2) is 6.50. The van der Waals surface area contributed by atoms with Gasteiger partial charge in [0, 0.05) is 26.2 Å². The summed E-state index contributed by atoms with van der Waals surface area (Å²) in [6.07, 6.45) is 0. The Morgan fingerprint density at radius 2 is 1.82 bits per heavy atom. The number of hydrogen-bond acceptors (Lipinski definition) is 4. The molecule has 5 heteroatoms. The van der Waals surface area contributed by atoms with Gasteiger partial charge < -0.3 is 15.5 Å². The quantitative estimate of drug-likeness (QED) is 0.946. The van der Waals surface area contributed by atoms with E-state index in [1.807, 2.05) is 36.1 Å². The molecule has 0 bridgehead atoms. The molecular weight excluding hydrogens is 294 g/mol. The van der Waals surface area contributed by atoms with Gasteiger partial charge >= 0.3 is 0 Å². The summed E-state index contributed by atoms with van der Waals surface area (Å²) in [5.74, 6) is 0.0229. The molecule has 2 aromatic rings. The number of benzene rings is 1. The summed E-state index contributed by atoms with van der Waals surface area (Å²) in [6.45, 7) is 5.23. The van der Waals surface area contributed by atoms with E-state index >= 15 is 0 Å². The topological polar surface area (TPSA) is 49.6 Å². The van der Waals surface area contributed by atoms with E-state index in [0.29, 0.717) is 0 Å². The van der Waals surface area contributed by atoms with Crippen molar-refractivity contribution in [3.05, 3.63) is 52.9 Å². The molecule has 1 unspecified atom stereocenters. The van der Waals surface area contributed by atoms with Gasteiger partial charge in [-0.2, -0.15) is 0 Å². The summed E-state index contributed by atoms with van der Waals surface area (Å²) in [5.41, 5.74) is 8.21. The zero-order valence-electron chi connectivity index (χ0n) is 12.7. The molecule has 1 saturated heterocycles. The van der Waals surface area contributed by atoms with Crippen molar-refractivity contribution in [1.29, 1.82) is 0 Å². The molecular formula is C17H21N3OS. The first-order valence-electron chi connectivity index (χ1n) is 7.54. The van der Waals surface area contributed by atoms with Gasteiger partial charge in [0.1, 0.15) is 6.04 Å². The second-order valence-electron chi connectivity index (χ2n) is 5.65. The zero-order chi connectivity index (χ0) is 15.5. The van der Waals surface area contributed by atoms with Crippen LogP contribution in [0.15, 0.2) is 41.8 Å². The zero-order valence-corrected chi connectivity index (χ0v) is 13.6. The van der Waals surface area contributed by atoms with Crippen molar-refractivity contribution < 1.29 is 4.79 Å². The van der Waals surface area contributed by atoms with E-state index in [1.54, 1.807) is 11.3 Å². The summed E-state index contributed by atoms with van der Waals surface area (Å²) in [5, 5.41) is 3.36. The number of aryl methyl sites for hydroxylation is 1.